The van der Waals surface area contributed by atoms with Crippen molar-refractivity contribution < 1.29 is 4.39 Å². The largest absolute Gasteiger partial charge is 0.356 e. The van der Waals surface area contributed by atoms with Crippen LogP contribution in [0.5, 0.6) is 0 Å². The highest BCUT2D eigenvalue weighted by Crippen LogP contribution is 2.16. The van der Waals surface area contributed by atoms with E-state index in [9.17, 15) is 4.39 Å². The molecule has 0 fully saturated rings. The number of aryl methyl sites for hydroxylation is 1. The molecule has 0 unspecified atom stereocenters. The van der Waals surface area contributed by atoms with Gasteiger partial charge in [-0.25, -0.2) is 4.39 Å². The Morgan fingerprint density at radius 2 is 1.96 bits per heavy atom. The van der Waals surface area contributed by atoms with E-state index in [4.69, 9.17) is 0 Å². The second-order valence-corrected chi connectivity index (χ2v) is 7.46. The van der Waals surface area contributed by atoms with Crippen LogP contribution >= 0.6 is 11.8 Å². The summed E-state index contributed by atoms with van der Waals surface area (Å²) in [5, 5.41) is 16.1. The lowest BCUT2D eigenvalue weighted by Crippen LogP contribution is -2.37. The Morgan fingerprint density at radius 1 is 1.22 bits per heavy atom. The van der Waals surface area contributed by atoms with E-state index in [2.05, 4.69) is 44.2 Å². The summed E-state index contributed by atoms with van der Waals surface area (Å²) < 4.78 is 15.2. The molecular weight excluding hydrogens is 363 g/mol. The lowest BCUT2D eigenvalue weighted by molar-refractivity contribution is 0.477. The van der Waals surface area contributed by atoms with Crippen molar-refractivity contribution in [2.45, 2.75) is 44.9 Å². The number of hydrogen-bond acceptors (Lipinski definition) is 4. The normalized spacial score (nSPS) is 11.9. The van der Waals surface area contributed by atoms with Gasteiger partial charge in [0.2, 0.25) is 0 Å². The topological polar surface area (TPSA) is 67.1 Å². The molecule has 2 aromatic rings. The molecule has 0 radical (unpaired) electrons. The summed E-state index contributed by atoms with van der Waals surface area (Å²) in [6.07, 6.45) is 3.83. The predicted molar refractivity (Wildman–Crippen MR) is 110 cm³/mol. The van der Waals surface area contributed by atoms with Gasteiger partial charge in [0.15, 0.2) is 11.1 Å². The van der Waals surface area contributed by atoms with Crippen molar-refractivity contribution in [3.05, 3.63) is 41.5 Å². The van der Waals surface area contributed by atoms with Gasteiger partial charge < -0.3 is 15.2 Å². The first-order valence-corrected chi connectivity index (χ1v) is 10.4. The van der Waals surface area contributed by atoms with Gasteiger partial charge in [0.05, 0.1) is 0 Å². The minimum Gasteiger partial charge on any atom is -0.356 e. The van der Waals surface area contributed by atoms with Crippen LogP contribution in [0.15, 0.2) is 34.4 Å². The summed E-state index contributed by atoms with van der Waals surface area (Å²) >= 11 is 1.63. The SMILES string of the molecule is CN=C(NCCCc1nnc(SC)n1CC(C)C)NCc1ccc(F)cc1. The highest BCUT2D eigenvalue weighted by Gasteiger charge is 2.12. The van der Waals surface area contributed by atoms with Crippen LogP contribution < -0.4 is 10.6 Å². The fourth-order valence-electron chi connectivity index (χ4n) is 2.67. The van der Waals surface area contributed by atoms with Crippen LogP contribution in [0, 0.1) is 11.7 Å². The number of thioether (sulfide) groups is 1. The zero-order chi connectivity index (χ0) is 19.6. The van der Waals surface area contributed by atoms with E-state index in [-0.39, 0.29) is 5.82 Å². The van der Waals surface area contributed by atoms with Gasteiger partial charge >= 0.3 is 0 Å². The molecule has 0 aliphatic rings. The quantitative estimate of drug-likeness (QED) is 0.297. The van der Waals surface area contributed by atoms with Crippen molar-refractivity contribution in [2.75, 3.05) is 19.8 Å². The molecule has 0 aliphatic heterocycles. The first kappa shape index (κ1) is 21.2. The molecule has 2 rings (SSSR count). The van der Waals surface area contributed by atoms with E-state index in [1.807, 2.05) is 6.26 Å². The average Bonchev–Trinajstić information content (AvgIpc) is 3.03. The van der Waals surface area contributed by atoms with E-state index in [1.54, 1.807) is 30.9 Å². The molecular formula is C19H29FN6S. The van der Waals surface area contributed by atoms with Gasteiger partial charge in [-0.1, -0.05) is 37.7 Å². The summed E-state index contributed by atoms with van der Waals surface area (Å²) in [6.45, 7) is 6.72. The van der Waals surface area contributed by atoms with Gasteiger partial charge in [-0.3, -0.25) is 4.99 Å². The van der Waals surface area contributed by atoms with Gasteiger partial charge in [-0.2, -0.15) is 0 Å². The standard InChI is InChI=1S/C19H29FN6S/c1-14(2)13-26-17(24-25-19(26)27-4)6-5-11-22-18(21-3)23-12-15-7-9-16(20)10-8-15/h7-10,14H,5-6,11-13H2,1-4H3,(H2,21,22,23). The molecule has 0 spiro atoms. The highest BCUT2D eigenvalue weighted by atomic mass is 32.2. The summed E-state index contributed by atoms with van der Waals surface area (Å²) in [6, 6.07) is 6.45. The number of rotatable bonds is 9. The van der Waals surface area contributed by atoms with E-state index >= 15 is 0 Å². The van der Waals surface area contributed by atoms with Crippen molar-refractivity contribution in [1.29, 1.82) is 0 Å². The van der Waals surface area contributed by atoms with Crippen molar-refractivity contribution in [3.63, 3.8) is 0 Å². The molecule has 148 valence electrons. The van der Waals surface area contributed by atoms with Gasteiger partial charge in [0, 0.05) is 33.1 Å². The second-order valence-electron chi connectivity index (χ2n) is 6.69. The smallest absolute Gasteiger partial charge is 0.191 e. The van der Waals surface area contributed by atoms with Crippen LogP contribution in [0.1, 0.15) is 31.7 Å². The lowest BCUT2D eigenvalue weighted by Gasteiger charge is -2.13. The molecule has 1 aromatic heterocycles. The third-order valence-electron chi connectivity index (χ3n) is 3.99. The number of nitrogens with zero attached hydrogens (tertiary/aromatic N) is 4. The highest BCUT2D eigenvalue weighted by molar-refractivity contribution is 7.98. The van der Waals surface area contributed by atoms with Crippen LogP contribution in [0.3, 0.4) is 0 Å². The molecule has 1 aromatic carbocycles. The monoisotopic (exact) mass is 392 g/mol. The van der Waals surface area contributed by atoms with Gasteiger partial charge in [-0.15, -0.1) is 10.2 Å². The van der Waals surface area contributed by atoms with Gasteiger partial charge in [-0.05, 0) is 36.3 Å². The fourth-order valence-corrected chi connectivity index (χ4v) is 3.19. The van der Waals surface area contributed by atoms with Crippen molar-refractivity contribution in [1.82, 2.24) is 25.4 Å². The van der Waals surface area contributed by atoms with E-state index in [0.717, 1.165) is 48.4 Å². The van der Waals surface area contributed by atoms with E-state index in [1.165, 1.54) is 12.1 Å². The zero-order valence-corrected chi connectivity index (χ0v) is 17.3. The molecule has 1 heterocycles. The molecule has 2 N–H and O–H groups in total. The Kier molecular flexibility index (Phi) is 8.57. The number of hydrogen-bond donors (Lipinski definition) is 2. The number of aliphatic imine (C=N–C) groups is 1. The molecule has 0 saturated heterocycles. The number of halogens is 1. The van der Waals surface area contributed by atoms with Gasteiger partial charge in [0.25, 0.3) is 0 Å². The van der Waals surface area contributed by atoms with Crippen LogP contribution in [0.4, 0.5) is 4.39 Å². The molecule has 27 heavy (non-hydrogen) atoms. The van der Waals surface area contributed by atoms with Crippen LogP contribution in [0.2, 0.25) is 0 Å². The molecule has 0 saturated carbocycles. The van der Waals surface area contributed by atoms with Crippen LogP contribution in [-0.4, -0.2) is 40.6 Å². The van der Waals surface area contributed by atoms with E-state index < -0.39 is 0 Å². The first-order chi connectivity index (χ1) is 13.0. The van der Waals surface area contributed by atoms with Crippen LogP contribution in [-0.2, 0) is 19.5 Å². The van der Waals surface area contributed by atoms with Crippen molar-refractivity contribution in [3.8, 4) is 0 Å². The van der Waals surface area contributed by atoms with Crippen molar-refractivity contribution in [2.24, 2.45) is 10.9 Å². The number of aromatic nitrogens is 3. The first-order valence-electron chi connectivity index (χ1n) is 9.18. The average molecular weight is 393 g/mol. The number of nitrogens with one attached hydrogen (secondary N) is 2. The summed E-state index contributed by atoms with van der Waals surface area (Å²) in [7, 11) is 1.74. The molecule has 6 nitrogen and oxygen atoms in total. The summed E-state index contributed by atoms with van der Waals surface area (Å²) in [5.74, 6) is 2.09. The fraction of sp³-hybridized carbons (Fsp3) is 0.526. The molecule has 8 heteroatoms. The molecule has 0 bridgehead atoms. The minimum atomic E-state index is -0.226. The maximum atomic E-state index is 13.0. The summed E-state index contributed by atoms with van der Waals surface area (Å²) in [4.78, 5) is 4.22. The van der Waals surface area contributed by atoms with Gasteiger partial charge in [0.1, 0.15) is 11.6 Å². The van der Waals surface area contributed by atoms with Crippen molar-refractivity contribution >= 4 is 17.7 Å². The third-order valence-corrected chi connectivity index (χ3v) is 4.66. The Bertz CT molecular complexity index is 726. The Morgan fingerprint density at radius 3 is 2.59 bits per heavy atom. The Balaban J connectivity index is 1.78. The maximum Gasteiger partial charge on any atom is 0.191 e. The summed E-state index contributed by atoms with van der Waals surface area (Å²) in [5.41, 5.74) is 1.01. The molecule has 0 atom stereocenters. The zero-order valence-electron chi connectivity index (χ0n) is 16.5. The molecule has 0 amide bonds. The number of guanidine groups is 1. The number of benzene rings is 1. The predicted octanol–water partition coefficient (Wildman–Crippen LogP) is 3.09. The Labute approximate surface area is 165 Å². The maximum absolute atomic E-state index is 13.0. The van der Waals surface area contributed by atoms with Crippen LogP contribution in [0.25, 0.3) is 0 Å². The second kappa shape index (κ2) is 10.9. The lowest BCUT2D eigenvalue weighted by atomic mass is 10.2. The third kappa shape index (κ3) is 6.86. The van der Waals surface area contributed by atoms with E-state index in [0.29, 0.717) is 12.5 Å². The Hall–Kier alpha value is -2.09. The minimum absolute atomic E-state index is 0.226. The molecule has 0 aliphatic carbocycles.